The van der Waals surface area contributed by atoms with Crippen molar-refractivity contribution in [1.82, 2.24) is 120 Å². The van der Waals surface area contributed by atoms with Crippen LogP contribution >= 0.6 is 0 Å². The molecule has 0 fully saturated rings. The molecule has 15 heterocycles. The summed E-state index contributed by atoms with van der Waals surface area (Å²) < 4.78 is 8.19. The van der Waals surface area contributed by atoms with E-state index >= 15 is 0 Å². The van der Waals surface area contributed by atoms with Crippen molar-refractivity contribution in [3.8, 4) is 0 Å². The summed E-state index contributed by atoms with van der Waals surface area (Å²) >= 11 is 1.06. The summed E-state index contributed by atoms with van der Waals surface area (Å²) in [5.41, 5.74) is 12.5. The molecule has 28 heteroatoms. The summed E-state index contributed by atoms with van der Waals surface area (Å²) in [5, 5.41) is 0. The van der Waals surface area contributed by atoms with Gasteiger partial charge in [-0.1, -0.05) is 332 Å². The van der Waals surface area contributed by atoms with Gasteiger partial charge in [-0.05, 0) is 211 Å². The third kappa shape index (κ3) is 88.5. The van der Waals surface area contributed by atoms with Crippen molar-refractivity contribution in [1.29, 1.82) is 0 Å². The molecule has 0 atom stereocenters. The molecule has 0 amide bonds. The van der Waals surface area contributed by atoms with Gasteiger partial charge in [0.25, 0.3) is 0 Å². The van der Waals surface area contributed by atoms with E-state index in [4.69, 9.17) is 3.67 Å². The number of hydrogen-bond acceptors (Lipinski definition) is 19. The molecule has 9 aromatic rings. The van der Waals surface area contributed by atoms with E-state index in [9.17, 15) is 0 Å². The van der Waals surface area contributed by atoms with Crippen LogP contribution in [0, 0.1) is 65.0 Å². The molecule has 0 unspecified atom stereocenters. The zero-order valence-corrected chi connectivity index (χ0v) is 96.0. The van der Waals surface area contributed by atoms with Crippen molar-refractivity contribution in [3.05, 3.63) is 143 Å². The van der Waals surface area contributed by atoms with Crippen LogP contribution in [0.25, 0.3) is 141 Å². The Balaban J connectivity index is -0.00000149. The molecular formula is C108H168CuN24OPdV. The first-order valence-electron chi connectivity index (χ1n) is 45.8. The molecule has 0 spiro atoms. The Kier molecular flexibility index (Phi) is 56.1. The Morgan fingerprint density at radius 2 is 0.191 bits per heavy atom. The fourth-order valence-electron chi connectivity index (χ4n) is 6.99. The monoisotopic (exact) mass is 2040 g/mol. The van der Waals surface area contributed by atoms with Crippen LogP contribution in [0.3, 0.4) is 0 Å². The second-order valence-electron chi connectivity index (χ2n) is 51.3. The summed E-state index contributed by atoms with van der Waals surface area (Å²) in [4.78, 5) is 104. The molecular weight excluding hydrogens is 1870 g/mol. The second-order valence-corrected chi connectivity index (χ2v) is 51.3. The van der Waals surface area contributed by atoms with Gasteiger partial charge in [-0.3, -0.25) is 0 Å². The van der Waals surface area contributed by atoms with Gasteiger partial charge in [0.2, 0.25) is 0 Å². The summed E-state index contributed by atoms with van der Waals surface area (Å²) in [6.07, 6.45) is 21.3. The first-order valence-corrected chi connectivity index (χ1v) is 46.4. The second kappa shape index (κ2) is 58.4. The molecule has 0 N–H and O–H groups in total. The third-order valence-corrected chi connectivity index (χ3v) is 10.1. The molecule has 0 aromatic carbocycles. The van der Waals surface area contributed by atoms with Crippen LogP contribution in [0.4, 0.5) is 0 Å². The number of nitrogens with zero attached hydrogens (tertiary/aromatic N) is 24. The van der Waals surface area contributed by atoms with Gasteiger partial charge in [0, 0.05) is 67.8 Å². The van der Waals surface area contributed by atoms with E-state index in [0.717, 1.165) is 17.4 Å². The topological polar surface area (TPSA) is 334 Å². The van der Waals surface area contributed by atoms with Crippen molar-refractivity contribution in [2.75, 3.05) is 0 Å². The van der Waals surface area contributed by atoms with Gasteiger partial charge < -0.3 is 89.7 Å². The predicted molar refractivity (Wildman–Crippen MR) is 566 cm³/mol. The molecule has 9 aromatic heterocycles. The Morgan fingerprint density at radius 1 is 0.140 bits per heavy atom. The van der Waals surface area contributed by atoms with Gasteiger partial charge in [-0.15, -0.1) is 0 Å². The average molecular weight is 2040 g/mol. The zero-order chi connectivity index (χ0) is 104. The molecule has 15 rings (SSSR count). The maximum absolute atomic E-state index is 8.19. The van der Waals surface area contributed by atoms with Gasteiger partial charge in [0.15, 0.2) is 0 Å². The molecule has 0 saturated carbocycles. The van der Waals surface area contributed by atoms with Crippen molar-refractivity contribution in [3.63, 3.8) is 0 Å². The minimum Gasteiger partial charge on any atom is 2.00 e. The van der Waals surface area contributed by atoms with E-state index < -0.39 is 0 Å². The van der Waals surface area contributed by atoms with Crippen LogP contribution in [-0.4, -0.2) is 89.7 Å². The first kappa shape index (κ1) is 131. The van der Waals surface area contributed by atoms with Crippen LogP contribution in [-0.2, 0) is 58.5 Å². The average Bonchev–Trinajstić information content (AvgIpc) is 1.70. The summed E-state index contributed by atoms with van der Waals surface area (Å²) in [6.45, 7) is 105. The van der Waals surface area contributed by atoms with Gasteiger partial charge in [0.1, 0.15) is 0 Å². The number of hydrogen-bond donors (Lipinski definition) is 0. The Labute approximate surface area is 852 Å². The smallest absolute Gasteiger partial charge is 2.00 e. The quantitative estimate of drug-likeness (QED) is 0.127. The fourth-order valence-corrected chi connectivity index (χ4v) is 6.99. The van der Waals surface area contributed by atoms with Crippen LogP contribution in [0.1, 0.15) is 402 Å². The molecule has 6 aliphatic rings. The van der Waals surface area contributed by atoms with E-state index in [1.54, 1.807) is 146 Å². The molecule has 6 aliphatic heterocycles. The molecule has 25 nitrogen and oxygen atoms in total. The maximum atomic E-state index is 8.19. The predicted octanol–water partition coefficient (Wildman–Crippen LogP) is 29.0. The summed E-state index contributed by atoms with van der Waals surface area (Å²) in [5.74, 6) is 6.45. The van der Waals surface area contributed by atoms with Crippen LogP contribution < -0.4 is 29.9 Å². The van der Waals surface area contributed by atoms with E-state index in [1.165, 1.54) is 0 Å². The van der Waals surface area contributed by atoms with Crippen molar-refractivity contribution in [2.45, 2.75) is 332 Å². The standard InChI is InChI=1S/3C16H8N8.12C5H12.Cu.O.Pd.V/c3*1-2-10-17-9(1)21-11-3-4-13(18-11)23-15-7-8-16(20-15)24-14-6-5-12(19-14)22-10;12*1-5(2,3)4;;;;/h3*1-8H;12*1-4H3;;;;/q3*-2;;;;;;;;;;;;;+2;;2*+2. The zero-order valence-electron chi connectivity index (χ0n) is 92.1. The van der Waals surface area contributed by atoms with Crippen LogP contribution in [0.2, 0.25) is 0 Å². The first-order chi connectivity index (χ1) is 60.4. The molecule has 136 heavy (non-hydrogen) atoms. The maximum Gasteiger partial charge on any atom is 2.00 e. The summed E-state index contributed by atoms with van der Waals surface area (Å²) in [6, 6.07) is 21.3. The van der Waals surface area contributed by atoms with E-state index in [1.807, 2.05) is 0 Å². The molecule has 0 aliphatic carbocycles. The molecule has 752 valence electrons. The van der Waals surface area contributed by atoms with Crippen LogP contribution in [0.5, 0.6) is 0 Å². The number of fused-ring (bicyclic) bond motifs is 24. The minimum atomic E-state index is 0. The summed E-state index contributed by atoms with van der Waals surface area (Å²) in [7, 11) is 0. The number of aromatic nitrogens is 24. The van der Waals surface area contributed by atoms with Gasteiger partial charge in [0.05, 0.1) is 69.9 Å². The van der Waals surface area contributed by atoms with Crippen molar-refractivity contribution >= 4 is 141 Å². The largest absolute Gasteiger partial charge is 2.00 e. The number of rotatable bonds is 0. The van der Waals surface area contributed by atoms with Crippen LogP contribution in [0.15, 0.2) is 72.8 Å². The van der Waals surface area contributed by atoms with Gasteiger partial charge >= 0.3 is 58.5 Å². The third-order valence-electron chi connectivity index (χ3n) is 10.1. The fraction of sp³-hybridized carbons (Fsp3) is 0.556. The molecule has 1 radical (unpaired) electrons. The van der Waals surface area contributed by atoms with E-state index in [0.29, 0.717) is 203 Å². The normalized spacial score (nSPS) is 12.0. The molecule has 24 bridgehead atoms. The Morgan fingerprint density at radius 3 is 0.243 bits per heavy atom. The van der Waals surface area contributed by atoms with Gasteiger partial charge in [-0.2, -0.15) is 0 Å². The minimum absolute atomic E-state index is 0. The Bertz CT molecular complexity index is 4450. The van der Waals surface area contributed by atoms with Crippen molar-refractivity contribution < 1.29 is 58.5 Å². The Hall–Kier alpha value is -9.47. The molecule has 0 saturated heterocycles. The van der Waals surface area contributed by atoms with Crippen molar-refractivity contribution in [2.24, 2.45) is 65.0 Å². The van der Waals surface area contributed by atoms with E-state index in [-0.39, 0.29) is 37.5 Å². The SMILES string of the molecule is C1=Cc2nc1nc1ccc(nc3nc(nc4ccc(n2)[n-]4)C=C3)[n-]1.C1=Cc2nc1nc1ccc(nc3nc(nc4ccc(n2)[n-]4)C=C3)[n-]1.C1=Cc2nc1nc1ccc(nc3nc(nc4ccc(n2)[n-]4)C=C3)[n-]1.CC(C)(C)C.CC(C)(C)C.CC(C)(C)C.CC(C)(C)C.CC(C)(C)C.CC(C)(C)C.CC(C)(C)C.CC(C)(C)C.CC(C)(C)C.CC(C)(C)C.CC(C)(C)C.CC(C)(C)C.[Cu+2].[O]=[V+2].[Pd+2]. The van der Waals surface area contributed by atoms with Gasteiger partial charge in [-0.25, -0.2) is 29.9 Å². The van der Waals surface area contributed by atoms with E-state index in [2.05, 4.69) is 452 Å².